The first-order valence-corrected chi connectivity index (χ1v) is 23.1. The van der Waals surface area contributed by atoms with Gasteiger partial charge in [0.15, 0.2) is 0 Å². The SMILES string of the molecule is O=S(=O)([O-])c1ccc(N=Nc2ccc(N=[N+]([O-])c3ccc(C=Cc4ccc([N+]([O-])=Nc5ccc(N=Nc6ccc(S(=O)(=O)[O-])cc6)cc5)cc4S(=O)(=O)[O-])c(S(=O)(=O)[O-])c3)cc2)cc1.[Na+].[Na+].[Na+].[Na+]. The molecule has 0 spiro atoms. The molecule has 22 nitrogen and oxygen atoms in total. The monoisotopic (exact) mass is 1040 g/mol. The molecular weight excluding hydrogens is 1010 g/mol. The molecule has 0 saturated heterocycles. The van der Waals surface area contributed by atoms with Crippen LogP contribution in [0.5, 0.6) is 0 Å². The molecule has 0 aromatic heterocycles. The van der Waals surface area contributed by atoms with Crippen molar-refractivity contribution in [3.8, 4) is 0 Å². The number of nitrogens with zero attached hydrogens (tertiary/aromatic N) is 8. The van der Waals surface area contributed by atoms with Gasteiger partial charge in [-0.25, -0.2) is 33.7 Å². The maximum Gasteiger partial charge on any atom is 1.00 e. The average molecular weight is 1040 g/mol. The maximum absolute atomic E-state index is 12.9. The van der Waals surface area contributed by atoms with Gasteiger partial charge < -0.3 is 28.6 Å². The second-order valence-corrected chi connectivity index (χ2v) is 18.2. The van der Waals surface area contributed by atoms with E-state index in [2.05, 4.69) is 30.7 Å². The van der Waals surface area contributed by atoms with Gasteiger partial charge in [-0.2, -0.15) is 20.5 Å². The first kappa shape index (κ1) is 60.8. The Morgan fingerprint density at radius 1 is 0.353 bits per heavy atom. The Kier molecular flexibility index (Phi) is 23.0. The third-order valence-corrected chi connectivity index (χ3v) is 11.8. The topological polar surface area (TPSA) is 355 Å². The molecule has 6 aromatic rings. The fourth-order valence-corrected chi connectivity index (χ4v) is 7.58. The molecule has 0 bridgehead atoms. The summed E-state index contributed by atoms with van der Waals surface area (Å²) in [7, 11) is -19.8. The van der Waals surface area contributed by atoms with Gasteiger partial charge in [0.05, 0.1) is 42.3 Å². The molecule has 0 atom stereocenters. The van der Waals surface area contributed by atoms with E-state index < -0.39 is 71.4 Å². The Hall–Kier alpha value is -3.30. The molecule has 0 unspecified atom stereocenters. The maximum atomic E-state index is 12.9. The van der Waals surface area contributed by atoms with Crippen LogP contribution in [0.1, 0.15) is 11.1 Å². The number of hydrogen-bond acceptors (Lipinski definition) is 20. The minimum atomic E-state index is -5.28. The third-order valence-electron chi connectivity index (χ3n) is 8.34. The van der Waals surface area contributed by atoms with Gasteiger partial charge in [-0.05, 0) is 120 Å². The summed E-state index contributed by atoms with van der Waals surface area (Å²) in [6, 6.07) is 26.3. The zero-order valence-electron chi connectivity index (χ0n) is 35.8. The van der Waals surface area contributed by atoms with E-state index in [1.807, 2.05) is 0 Å². The Morgan fingerprint density at radius 3 is 0.853 bits per heavy atom. The van der Waals surface area contributed by atoms with Crippen molar-refractivity contribution in [3.05, 3.63) is 155 Å². The minimum absolute atomic E-state index is 0. The summed E-state index contributed by atoms with van der Waals surface area (Å²) in [5.41, 5.74) is -0.225. The smallest absolute Gasteiger partial charge is 0.744 e. The van der Waals surface area contributed by atoms with Gasteiger partial charge in [0.2, 0.25) is 11.4 Å². The molecule has 0 radical (unpaired) electrons. The van der Waals surface area contributed by atoms with Crippen molar-refractivity contribution >= 4 is 98.1 Å². The van der Waals surface area contributed by atoms with Crippen molar-refractivity contribution in [2.24, 2.45) is 30.7 Å². The van der Waals surface area contributed by atoms with E-state index in [0.717, 1.165) is 72.8 Å². The van der Waals surface area contributed by atoms with Crippen LogP contribution < -0.4 is 118 Å². The molecule has 0 heterocycles. The Bertz CT molecular complexity index is 3160. The van der Waals surface area contributed by atoms with Crippen molar-refractivity contribution in [1.82, 2.24) is 0 Å². The van der Waals surface area contributed by atoms with Crippen LogP contribution in [0.4, 0.5) is 45.5 Å². The van der Waals surface area contributed by atoms with E-state index in [4.69, 9.17) is 0 Å². The van der Waals surface area contributed by atoms with Crippen LogP contribution in [0, 0.1) is 10.4 Å². The average Bonchev–Trinajstić information content (AvgIpc) is 3.24. The van der Waals surface area contributed by atoms with Crippen molar-refractivity contribution in [3.63, 3.8) is 0 Å². The summed E-state index contributed by atoms with van der Waals surface area (Å²) in [5.74, 6) is 0. The number of azo groups is 4. The van der Waals surface area contributed by atoms with E-state index >= 15 is 0 Å². The van der Waals surface area contributed by atoms with Gasteiger partial charge in [-0.15, -0.1) is 0 Å². The van der Waals surface area contributed by atoms with Gasteiger partial charge in [0.25, 0.3) is 0 Å². The fourth-order valence-electron chi connectivity index (χ4n) is 5.26. The molecule has 6 rings (SSSR count). The third kappa shape index (κ3) is 17.2. The van der Waals surface area contributed by atoms with Crippen LogP contribution in [0.15, 0.2) is 184 Å². The van der Waals surface area contributed by atoms with Gasteiger partial charge in [-0.3, -0.25) is 0 Å². The van der Waals surface area contributed by atoms with Gasteiger partial charge in [0.1, 0.15) is 51.8 Å². The molecule has 0 aliphatic heterocycles. The van der Waals surface area contributed by atoms with E-state index in [1.165, 1.54) is 72.8 Å². The quantitative estimate of drug-likeness (QED) is 0.0252. The number of rotatable bonds is 14. The second-order valence-electron chi connectivity index (χ2n) is 12.8. The van der Waals surface area contributed by atoms with Gasteiger partial charge in [-0.1, -0.05) is 21.9 Å². The Labute approximate surface area is 477 Å². The molecule has 328 valence electrons. The van der Waals surface area contributed by atoms with Crippen LogP contribution in [-0.4, -0.2) is 61.6 Å². The summed E-state index contributed by atoms with van der Waals surface area (Å²) in [6.07, 6.45) is 2.00. The van der Waals surface area contributed by atoms with Crippen molar-refractivity contribution in [2.75, 3.05) is 0 Å². The van der Waals surface area contributed by atoms with E-state index in [0.29, 0.717) is 0 Å². The van der Waals surface area contributed by atoms with E-state index in [1.54, 1.807) is 0 Å². The summed E-state index contributed by atoms with van der Waals surface area (Å²) >= 11 is 0. The summed E-state index contributed by atoms with van der Waals surface area (Å²) in [6.45, 7) is 0. The molecule has 0 aliphatic rings. The van der Waals surface area contributed by atoms with Crippen LogP contribution >= 0.6 is 0 Å². The van der Waals surface area contributed by atoms with E-state index in [-0.39, 0.29) is 173 Å². The van der Waals surface area contributed by atoms with Gasteiger partial charge in [0, 0.05) is 34.5 Å². The summed E-state index contributed by atoms with van der Waals surface area (Å²) in [4.78, 5) is -2.63. The van der Waals surface area contributed by atoms with Crippen LogP contribution in [-0.2, 0) is 40.5 Å². The fraction of sp³-hybridized carbons (Fsp3) is 0. The standard InChI is InChI=1S/C38H28N8O14S4.4Na/c47-45(43-31-9-5-27(6-10-31)39-41-29-13-19-35(20-14-29)61(49,50)51)33-17-3-25(37(23-33)63(55,56)57)1-2-26-4-18-34(24-38(26)64(58,59)60)46(48)44-32-11-7-28(8-12-32)40-42-30-15-21-36(22-16-30)62(52,53)54;;;;/h1-24H,(H,49,50,51)(H,52,53,54)(H,55,56,57)(H,58,59,60);;;;/q;4*+1/p-4. The molecule has 0 saturated carbocycles. The summed E-state index contributed by atoms with van der Waals surface area (Å²) < 4.78 is 140. The van der Waals surface area contributed by atoms with Crippen molar-refractivity contribution in [2.45, 2.75) is 19.6 Å². The largest absolute Gasteiger partial charge is 1.00 e. The predicted molar refractivity (Wildman–Crippen MR) is 219 cm³/mol. The van der Waals surface area contributed by atoms with Crippen molar-refractivity contribution < 1.29 is 180 Å². The number of hydrogen-bond donors (Lipinski definition) is 0. The molecule has 0 amide bonds. The Morgan fingerprint density at radius 2 is 0.603 bits per heavy atom. The van der Waals surface area contributed by atoms with Gasteiger partial charge >= 0.3 is 118 Å². The van der Waals surface area contributed by atoms with Crippen LogP contribution in [0.2, 0.25) is 0 Å². The number of benzene rings is 6. The zero-order valence-corrected chi connectivity index (χ0v) is 47.0. The minimum Gasteiger partial charge on any atom is -0.744 e. The molecule has 0 aliphatic carbocycles. The zero-order chi connectivity index (χ0) is 46.5. The van der Waals surface area contributed by atoms with Crippen molar-refractivity contribution in [1.29, 1.82) is 0 Å². The van der Waals surface area contributed by atoms with Crippen LogP contribution in [0.25, 0.3) is 12.2 Å². The Balaban J connectivity index is 0.00000397. The van der Waals surface area contributed by atoms with E-state index in [9.17, 15) is 62.3 Å². The molecule has 0 fully saturated rings. The molecular formula is C38H24N8Na4O14S4. The second kappa shape index (κ2) is 25.7. The van der Waals surface area contributed by atoms with Crippen LogP contribution in [0.3, 0.4) is 0 Å². The first-order chi connectivity index (χ1) is 30.0. The molecule has 6 aromatic carbocycles. The first-order valence-electron chi connectivity index (χ1n) is 17.4. The molecule has 68 heavy (non-hydrogen) atoms. The molecule has 30 heteroatoms. The predicted octanol–water partition coefficient (Wildman–Crippen LogP) is -3.83. The summed E-state index contributed by atoms with van der Waals surface area (Å²) in [5, 5.41) is 49.3. The molecule has 0 N–H and O–H groups in total. The normalized spacial score (nSPS) is 12.5.